The van der Waals surface area contributed by atoms with E-state index < -0.39 is 0 Å². The van der Waals surface area contributed by atoms with Crippen molar-refractivity contribution in [2.24, 2.45) is 5.73 Å². The second-order valence-corrected chi connectivity index (χ2v) is 5.93. The van der Waals surface area contributed by atoms with Crippen molar-refractivity contribution in [3.63, 3.8) is 0 Å². The normalized spacial score (nSPS) is 14.3. The van der Waals surface area contributed by atoms with Gasteiger partial charge in [0.15, 0.2) is 0 Å². The standard InChI is InChI=1S/C16H21NOS/c1-3-15(17)16(13-7-4-6-12(2)10-13)19-11-14-8-5-9-18-14/h4-10,15-16H,3,11,17H2,1-2H3. The van der Waals surface area contributed by atoms with E-state index in [4.69, 9.17) is 10.2 Å². The van der Waals surface area contributed by atoms with E-state index in [-0.39, 0.29) is 6.04 Å². The van der Waals surface area contributed by atoms with Gasteiger partial charge in [0, 0.05) is 11.3 Å². The van der Waals surface area contributed by atoms with Crippen LogP contribution in [-0.2, 0) is 5.75 Å². The average molecular weight is 275 g/mol. The molecular formula is C16H21NOS. The summed E-state index contributed by atoms with van der Waals surface area (Å²) < 4.78 is 5.40. The predicted octanol–water partition coefficient (Wildman–Crippen LogP) is 4.30. The highest BCUT2D eigenvalue weighted by atomic mass is 32.2. The van der Waals surface area contributed by atoms with E-state index in [1.54, 1.807) is 6.26 Å². The lowest BCUT2D eigenvalue weighted by molar-refractivity contribution is 0.529. The molecule has 102 valence electrons. The van der Waals surface area contributed by atoms with Crippen molar-refractivity contribution in [3.05, 3.63) is 59.5 Å². The highest BCUT2D eigenvalue weighted by Crippen LogP contribution is 2.35. The van der Waals surface area contributed by atoms with E-state index in [1.165, 1.54) is 11.1 Å². The molecule has 2 atom stereocenters. The summed E-state index contributed by atoms with van der Waals surface area (Å²) in [7, 11) is 0. The maximum atomic E-state index is 6.29. The number of hydrogen-bond donors (Lipinski definition) is 1. The summed E-state index contributed by atoms with van der Waals surface area (Å²) in [5, 5.41) is 0.315. The molecule has 2 nitrogen and oxygen atoms in total. The van der Waals surface area contributed by atoms with Crippen LogP contribution in [0.4, 0.5) is 0 Å². The van der Waals surface area contributed by atoms with E-state index in [0.717, 1.165) is 17.9 Å². The first-order valence-corrected chi connectivity index (χ1v) is 7.71. The number of thioether (sulfide) groups is 1. The van der Waals surface area contributed by atoms with Gasteiger partial charge in [-0.3, -0.25) is 0 Å². The van der Waals surface area contributed by atoms with Crippen LogP contribution < -0.4 is 5.73 Å². The zero-order chi connectivity index (χ0) is 13.7. The Kier molecular flexibility index (Phi) is 5.11. The first-order chi connectivity index (χ1) is 9.20. The second kappa shape index (κ2) is 6.83. The molecule has 0 aliphatic rings. The smallest absolute Gasteiger partial charge is 0.113 e. The van der Waals surface area contributed by atoms with Crippen LogP contribution in [0.15, 0.2) is 47.1 Å². The summed E-state index contributed by atoms with van der Waals surface area (Å²) in [6.45, 7) is 4.26. The van der Waals surface area contributed by atoms with Gasteiger partial charge in [-0.15, -0.1) is 11.8 Å². The van der Waals surface area contributed by atoms with E-state index in [9.17, 15) is 0 Å². The maximum absolute atomic E-state index is 6.29. The van der Waals surface area contributed by atoms with E-state index >= 15 is 0 Å². The minimum absolute atomic E-state index is 0.168. The molecule has 2 aromatic rings. The topological polar surface area (TPSA) is 39.2 Å². The Morgan fingerprint density at radius 2 is 2.11 bits per heavy atom. The monoisotopic (exact) mass is 275 g/mol. The van der Waals surface area contributed by atoms with Crippen LogP contribution in [0.25, 0.3) is 0 Å². The van der Waals surface area contributed by atoms with Crippen LogP contribution in [0, 0.1) is 6.92 Å². The van der Waals surface area contributed by atoms with Crippen molar-refractivity contribution in [2.75, 3.05) is 0 Å². The van der Waals surface area contributed by atoms with Gasteiger partial charge in [-0.05, 0) is 31.0 Å². The molecule has 0 saturated carbocycles. The van der Waals surface area contributed by atoms with Crippen LogP contribution in [0.5, 0.6) is 0 Å². The summed E-state index contributed by atoms with van der Waals surface area (Å²) >= 11 is 1.85. The minimum Gasteiger partial charge on any atom is -0.468 e. The van der Waals surface area contributed by atoms with E-state index in [0.29, 0.717) is 5.25 Å². The van der Waals surface area contributed by atoms with E-state index in [2.05, 4.69) is 38.1 Å². The Labute approximate surface area is 119 Å². The minimum atomic E-state index is 0.168. The lowest BCUT2D eigenvalue weighted by Crippen LogP contribution is -2.25. The Hall–Kier alpha value is -1.19. The zero-order valence-corrected chi connectivity index (χ0v) is 12.3. The van der Waals surface area contributed by atoms with E-state index in [1.807, 2.05) is 23.9 Å². The molecule has 2 N–H and O–H groups in total. The SMILES string of the molecule is CCC(N)C(SCc1ccco1)c1cccc(C)c1. The van der Waals surface area contributed by atoms with Gasteiger partial charge in [-0.2, -0.15) is 0 Å². The van der Waals surface area contributed by atoms with Crippen LogP contribution in [0.1, 0.15) is 35.5 Å². The molecule has 2 unspecified atom stereocenters. The quantitative estimate of drug-likeness (QED) is 0.854. The fraction of sp³-hybridized carbons (Fsp3) is 0.375. The van der Waals surface area contributed by atoms with Crippen LogP contribution in [0.2, 0.25) is 0 Å². The summed E-state index contributed by atoms with van der Waals surface area (Å²) in [4.78, 5) is 0. The summed E-state index contributed by atoms with van der Waals surface area (Å²) in [6, 6.07) is 12.7. The summed E-state index contributed by atoms with van der Waals surface area (Å²) in [6.07, 6.45) is 2.70. The molecule has 0 saturated heterocycles. The molecule has 0 fully saturated rings. The Morgan fingerprint density at radius 1 is 1.26 bits per heavy atom. The summed E-state index contributed by atoms with van der Waals surface area (Å²) in [5.41, 5.74) is 8.88. The molecule has 0 aliphatic carbocycles. The van der Waals surface area contributed by atoms with Crippen molar-refractivity contribution in [2.45, 2.75) is 37.3 Å². The van der Waals surface area contributed by atoms with Crippen molar-refractivity contribution in [3.8, 4) is 0 Å². The zero-order valence-electron chi connectivity index (χ0n) is 11.5. The Bertz CT molecular complexity index is 495. The summed E-state index contributed by atoms with van der Waals surface area (Å²) in [5.74, 6) is 1.87. The van der Waals surface area contributed by atoms with Gasteiger partial charge in [-0.25, -0.2) is 0 Å². The van der Waals surface area contributed by atoms with Gasteiger partial charge in [0.1, 0.15) is 5.76 Å². The van der Waals surface area contributed by atoms with Gasteiger partial charge in [-0.1, -0.05) is 36.8 Å². The fourth-order valence-electron chi connectivity index (χ4n) is 2.09. The molecular weight excluding hydrogens is 254 g/mol. The van der Waals surface area contributed by atoms with Gasteiger partial charge >= 0.3 is 0 Å². The third-order valence-electron chi connectivity index (χ3n) is 3.22. The second-order valence-electron chi connectivity index (χ2n) is 4.80. The van der Waals surface area contributed by atoms with Crippen LogP contribution >= 0.6 is 11.8 Å². The van der Waals surface area contributed by atoms with Crippen molar-refractivity contribution < 1.29 is 4.42 Å². The number of nitrogens with two attached hydrogens (primary N) is 1. The predicted molar refractivity (Wildman–Crippen MR) is 82.2 cm³/mol. The highest BCUT2D eigenvalue weighted by Gasteiger charge is 2.19. The molecule has 0 spiro atoms. The van der Waals surface area contributed by atoms with Crippen molar-refractivity contribution >= 4 is 11.8 Å². The molecule has 3 heteroatoms. The van der Waals surface area contributed by atoms with Crippen LogP contribution in [0.3, 0.4) is 0 Å². The first-order valence-electron chi connectivity index (χ1n) is 6.67. The van der Waals surface area contributed by atoms with Crippen molar-refractivity contribution in [1.82, 2.24) is 0 Å². The highest BCUT2D eigenvalue weighted by molar-refractivity contribution is 7.98. The van der Waals surface area contributed by atoms with Crippen LogP contribution in [-0.4, -0.2) is 6.04 Å². The van der Waals surface area contributed by atoms with Gasteiger partial charge in [0.2, 0.25) is 0 Å². The van der Waals surface area contributed by atoms with Gasteiger partial charge < -0.3 is 10.2 Å². The Morgan fingerprint density at radius 3 is 2.74 bits per heavy atom. The molecule has 1 aromatic carbocycles. The lowest BCUT2D eigenvalue weighted by atomic mass is 10.0. The average Bonchev–Trinajstić information content (AvgIpc) is 2.92. The van der Waals surface area contributed by atoms with Gasteiger partial charge in [0.05, 0.1) is 12.0 Å². The van der Waals surface area contributed by atoms with Crippen molar-refractivity contribution in [1.29, 1.82) is 0 Å². The molecule has 0 radical (unpaired) electrons. The molecule has 1 aromatic heterocycles. The molecule has 2 rings (SSSR count). The maximum Gasteiger partial charge on any atom is 0.113 e. The number of hydrogen-bond acceptors (Lipinski definition) is 3. The molecule has 1 heterocycles. The number of aryl methyl sites for hydroxylation is 1. The molecule has 19 heavy (non-hydrogen) atoms. The first kappa shape index (κ1) is 14.2. The number of benzene rings is 1. The lowest BCUT2D eigenvalue weighted by Gasteiger charge is -2.23. The van der Waals surface area contributed by atoms with Gasteiger partial charge in [0.25, 0.3) is 0 Å². The Balaban J connectivity index is 2.11. The molecule has 0 bridgehead atoms. The molecule has 0 amide bonds. The molecule has 0 aliphatic heterocycles. The third-order valence-corrected chi connectivity index (χ3v) is 4.65. The largest absolute Gasteiger partial charge is 0.468 e. The fourth-order valence-corrected chi connectivity index (χ4v) is 3.38. The third kappa shape index (κ3) is 3.88. The number of rotatable bonds is 6. The number of furan rings is 1.